The lowest BCUT2D eigenvalue weighted by Gasteiger charge is -2.33. The molecule has 2 aromatic carbocycles. The van der Waals surface area contributed by atoms with E-state index in [1.54, 1.807) is 6.07 Å². The Kier molecular flexibility index (Phi) is 7.98. The van der Waals surface area contributed by atoms with Gasteiger partial charge in [0.2, 0.25) is 0 Å². The fourth-order valence-corrected chi connectivity index (χ4v) is 4.29. The highest BCUT2D eigenvalue weighted by atomic mass is 16.5. The Morgan fingerprint density at radius 2 is 1.71 bits per heavy atom. The normalized spacial score (nSPS) is 14.3. The lowest BCUT2D eigenvalue weighted by molar-refractivity contribution is 0.228. The second-order valence-corrected chi connectivity index (χ2v) is 9.33. The van der Waals surface area contributed by atoms with E-state index in [0.717, 1.165) is 43.0 Å². The molecule has 0 radical (unpaired) electrons. The van der Waals surface area contributed by atoms with Gasteiger partial charge in [0.25, 0.3) is 6.01 Å². The van der Waals surface area contributed by atoms with Crippen molar-refractivity contribution in [2.45, 2.75) is 65.3 Å². The lowest BCUT2D eigenvalue weighted by Crippen LogP contribution is -2.43. The molecule has 0 atom stereocenters. The van der Waals surface area contributed by atoms with Gasteiger partial charge in [-0.2, -0.15) is 10.2 Å². The molecule has 1 aromatic heterocycles. The first kappa shape index (κ1) is 24.7. The predicted octanol–water partition coefficient (Wildman–Crippen LogP) is 5.06. The zero-order valence-electron chi connectivity index (χ0n) is 20.9. The maximum Gasteiger partial charge on any atom is 0.298 e. The van der Waals surface area contributed by atoms with Crippen LogP contribution in [-0.2, 0) is 6.54 Å². The van der Waals surface area contributed by atoms with E-state index in [0.29, 0.717) is 29.4 Å². The van der Waals surface area contributed by atoms with Crippen molar-refractivity contribution >= 4 is 17.1 Å². The molecule has 0 aliphatic carbocycles. The molecular formula is C27H34N4O4. The topological polar surface area (TPSA) is 92.8 Å². The van der Waals surface area contributed by atoms with Crippen LogP contribution in [0.15, 0.2) is 40.8 Å². The van der Waals surface area contributed by atoms with Gasteiger partial charge >= 0.3 is 0 Å². The minimum atomic E-state index is -0.00696. The first-order chi connectivity index (χ1) is 16.9. The van der Waals surface area contributed by atoms with Crippen molar-refractivity contribution in [1.82, 2.24) is 10.3 Å². The summed E-state index contributed by atoms with van der Waals surface area (Å²) in [6, 6.07) is 14.4. The van der Waals surface area contributed by atoms with Crippen molar-refractivity contribution < 1.29 is 18.6 Å². The maximum absolute atomic E-state index is 8.80. The standard InChI is InChI=1S/C27H34N4O4/c1-18(2)33-23-13-20(14-24(15-23)34-19(3)4)17-31(21-7-10-29-11-8-21)27-30-25-16-22(32-12-9-28)5-6-26(25)35-27/h5-6,13-16,18-19,21,29H,7-8,10-12,17H2,1-4H3. The van der Waals surface area contributed by atoms with Crippen LogP contribution in [0.1, 0.15) is 46.1 Å². The zero-order chi connectivity index (χ0) is 24.8. The zero-order valence-corrected chi connectivity index (χ0v) is 20.9. The van der Waals surface area contributed by atoms with Crippen LogP contribution < -0.4 is 24.4 Å². The Balaban J connectivity index is 1.67. The molecule has 2 heterocycles. The van der Waals surface area contributed by atoms with Crippen molar-refractivity contribution in [2.24, 2.45) is 0 Å². The first-order valence-electron chi connectivity index (χ1n) is 12.3. The van der Waals surface area contributed by atoms with Crippen LogP contribution in [0.4, 0.5) is 6.01 Å². The average molecular weight is 479 g/mol. The minimum absolute atomic E-state index is 0.00696. The molecule has 0 amide bonds. The number of nitriles is 1. The van der Waals surface area contributed by atoms with Crippen LogP contribution in [0, 0.1) is 11.3 Å². The molecule has 35 heavy (non-hydrogen) atoms. The fraction of sp³-hybridized carbons (Fsp3) is 0.481. The summed E-state index contributed by atoms with van der Waals surface area (Å²) in [6.45, 7) is 10.6. The molecule has 8 nitrogen and oxygen atoms in total. The number of nitrogens with zero attached hydrogens (tertiary/aromatic N) is 3. The Morgan fingerprint density at radius 1 is 1.03 bits per heavy atom. The van der Waals surface area contributed by atoms with Gasteiger partial charge in [-0.25, -0.2) is 0 Å². The van der Waals surface area contributed by atoms with Gasteiger partial charge in [-0.1, -0.05) is 0 Å². The second kappa shape index (κ2) is 11.3. The predicted molar refractivity (Wildman–Crippen MR) is 135 cm³/mol. The fourth-order valence-electron chi connectivity index (χ4n) is 4.29. The number of hydrogen-bond acceptors (Lipinski definition) is 8. The third-order valence-corrected chi connectivity index (χ3v) is 5.68. The van der Waals surface area contributed by atoms with Crippen molar-refractivity contribution in [1.29, 1.82) is 5.26 Å². The monoisotopic (exact) mass is 478 g/mol. The molecular weight excluding hydrogens is 444 g/mol. The molecule has 186 valence electrons. The van der Waals surface area contributed by atoms with Crippen LogP contribution in [0.3, 0.4) is 0 Å². The smallest absolute Gasteiger partial charge is 0.298 e. The second-order valence-electron chi connectivity index (χ2n) is 9.33. The molecule has 0 unspecified atom stereocenters. The van der Waals surface area contributed by atoms with Crippen molar-refractivity contribution in [3.63, 3.8) is 0 Å². The van der Waals surface area contributed by atoms with Gasteiger partial charge in [-0.3, -0.25) is 0 Å². The van der Waals surface area contributed by atoms with Gasteiger partial charge in [-0.15, -0.1) is 0 Å². The minimum Gasteiger partial charge on any atom is -0.491 e. The third-order valence-electron chi connectivity index (χ3n) is 5.68. The average Bonchev–Trinajstić information content (AvgIpc) is 3.24. The van der Waals surface area contributed by atoms with Crippen molar-refractivity contribution in [2.75, 3.05) is 24.6 Å². The summed E-state index contributed by atoms with van der Waals surface area (Å²) in [5.74, 6) is 2.17. The van der Waals surface area contributed by atoms with Gasteiger partial charge in [-0.05, 0) is 83.5 Å². The number of anilines is 1. The Labute approximate surface area is 206 Å². The summed E-state index contributed by atoms with van der Waals surface area (Å²) >= 11 is 0. The number of benzene rings is 2. The van der Waals surface area contributed by atoms with Crippen LogP contribution in [0.2, 0.25) is 0 Å². The number of piperidine rings is 1. The highest BCUT2D eigenvalue weighted by Gasteiger charge is 2.26. The van der Waals surface area contributed by atoms with E-state index >= 15 is 0 Å². The molecule has 1 N–H and O–H groups in total. The van der Waals surface area contributed by atoms with Gasteiger partial charge in [0.1, 0.15) is 28.8 Å². The highest BCUT2D eigenvalue weighted by Crippen LogP contribution is 2.32. The van der Waals surface area contributed by atoms with Crippen LogP contribution in [0.5, 0.6) is 17.2 Å². The Hall–Kier alpha value is -3.44. The molecule has 3 aromatic rings. The highest BCUT2D eigenvalue weighted by molar-refractivity contribution is 5.76. The summed E-state index contributed by atoms with van der Waals surface area (Å²) in [4.78, 5) is 7.05. The molecule has 1 aliphatic heterocycles. The number of hydrogen-bond donors (Lipinski definition) is 1. The number of aromatic nitrogens is 1. The van der Waals surface area contributed by atoms with E-state index in [4.69, 9.17) is 28.9 Å². The molecule has 0 bridgehead atoms. The quantitative estimate of drug-likeness (QED) is 0.432. The summed E-state index contributed by atoms with van der Waals surface area (Å²) < 4.78 is 23.7. The summed E-state index contributed by atoms with van der Waals surface area (Å²) in [7, 11) is 0. The number of ether oxygens (including phenoxy) is 3. The Morgan fingerprint density at radius 3 is 2.34 bits per heavy atom. The SMILES string of the molecule is CC(C)Oc1cc(CN(c2nc3cc(OCC#N)ccc3o2)C2CCNCC2)cc(OC(C)C)c1. The van der Waals surface area contributed by atoms with E-state index in [1.807, 2.05) is 52.0 Å². The molecule has 0 saturated carbocycles. The lowest BCUT2D eigenvalue weighted by atomic mass is 10.0. The van der Waals surface area contributed by atoms with E-state index in [2.05, 4.69) is 22.3 Å². The number of fused-ring (bicyclic) bond motifs is 1. The molecule has 4 rings (SSSR count). The molecule has 1 fully saturated rings. The van der Waals surface area contributed by atoms with E-state index in [9.17, 15) is 0 Å². The largest absolute Gasteiger partial charge is 0.491 e. The molecule has 0 spiro atoms. The van der Waals surface area contributed by atoms with Crippen molar-refractivity contribution in [3.05, 3.63) is 42.0 Å². The number of rotatable bonds is 10. The van der Waals surface area contributed by atoms with E-state index in [-0.39, 0.29) is 24.9 Å². The van der Waals surface area contributed by atoms with Gasteiger partial charge in [0.05, 0.1) is 12.2 Å². The van der Waals surface area contributed by atoms with Crippen LogP contribution >= 0.6 is 0 Å². The maximum atomic E-state index is 8.80. The van der Waals surface area contributed by atoms with E-state index in [1.165, 1.54) is 0 Å². The van der Waals surface area contributed by atoms with Crippen molar-refractivity contribution in [3.8, 4) is 23.3 Å². The molecule has 1 aliphatic rings. The summed E-state index contributed by atoms with van der Waals surface area (Å²) in [6.07, 6.45) is 2.11. The van der Waals surface area contributed by atoms with Crippen LogP contribution in [0.25, 0.3) is 11.1 Å². The number of nitrogens with one attached hydrogen (secondary N) is 1. The number of oxazole rings is 1. The van der Waals surface area contributed by atoms with Gasteiger partial charge < -0.3 is 28.8 Å². The Bertz CT molecular complexity index is 1130. The van der Waals surface area contributed by atoms with E-state index < -0.39 is 0 Å². The summed E-state index contributed by atoms with van der Waals surface area (Å²) in [5, 5.41) is 12.2. The van der Waals surface area contributed by atoms with Crippen LogP contribution in [-0.4, -0.2) is 42.9 Å². The first-order valence-corrected chi connectivity index (χ1v) is 12.3. The summed E-state index contributed by atoms with van der Waals surface area (Å²) in [5.41, 5.74) is 2.46. The third kappa shape index (κ3) is 6.58. The molecule has 8 heteroatoms. The van der Waals surface area contributed by atoms with Gasteiger partial charge in [0, 0.05) is 24.7 Å². The van der Waals surface area contributed by atoms with Gasteiger partial charge in [0.15, 0.2) is 12.2 Å². The molecule has 1 saturated heterocycles.